The van der Waals surface area contributed by atoms with E-state index in [0.29, 0.717) is 4.47 Å². The second-order valence-electron chi connectivity index (χ2n) is 3.05. The van der Waals surface area contributed by atoms with E-state index >= 15 is 0 Å². The second kappa shape index (κ2) is 3.20. The maximum Gasteiger partial charge on any atom is 0.232 e. The molecule has 4 nitrogen and oxygen atoms in total. The zero-order valence-electron chi connectivity index (χ0n) is 7.32. The number of rotatable bonds is 0. The Balaban J connectivity index is 2.73. The highest BCUT2D eigenvalue weighted by Gasteiger charge is 2.32. The molecule has 0 saturated heterocycles. The number of carbonyl (C=O) groups is 2. The Bertz CT molecular complexity index is 516. The Morgan fingerprint density at radius 2 is 1.47 bits per heavy atom. The number of carbonyl (C=O) groups excluding carboxylic acids is 2. The maximum atomic E-state index is 11.5. The van der Waals surface area contributed by atoms with Gasteiger partial charge >= 0.3 is 0 Å². The minimum Gasteiger partial charge on any atom is -0.501 e. The van der Waals surface area contributed by atoms with Gasteiger partial charge < -0.3 is 10.2 Å². The first-order chi connectivity index (χ1) is 7.02. The predicted molar refractivity (Wildman–Crippen MR) is 55.1 cm³/mol. The number of ketones is 2. The molecular weight excluding hydrogens is 264 g/mol. The number of benzene rings is 1. The fourth-order valence-electron chi connectivity index (χ4n) is 1.37. The number of hydrogen-bond donors (Lipinski definition) is 2. The molecule has 1 aliphatic rings. The van der Waals surface area contributed by atoms with Crippen molar-refractivity contribution in [1.29, 1.82) is 0 Å². The van der Waals surface area contributed by atoms with E-state index in [9.17, 15) is 19.8 Å². The summed E-state index contributed by atoms with van der Waals surface area (Å²) in [5.41, 5.74) is 0.183. The van der Waals surface area contributed by atoms with Crippen molar-refractivity contribution in [3.05, 3.63) is 45.3 Å². The Labute approximate surface area is 93.0 Å². The van der Waals surface area contributed by atoms with Crippen molar-refractivity contribution in [1.82, 2.24) is 0 Å². The normalized spacial score (nSPS) is 15.5. The van der Waals surface area contributed by atoms with E-state index in [1.54, 1.807) is 6.07 Å². The summed E-state index contributed by atoms with van der Waals surface area (Å²) in [5.74, 6) is -3.28. The van der Waals surface area contributed by atoms with Gasteiger partial charge in [-0.2, -0.15) is 0 Å². The Kier molecular flexibility index (Phi) is 2.12. The van der Waals surface area contributed by atoms with Crippen molar-refractivity contribution in [2.24, 2.45) is 0 Å². The smallest absolute Gasteiger partial charge is 0.232 e. The Morgan fingerprint density at radius 1 is 0.933 bits per heavy atom. The minimum absolute atomic E-state index is 0.0877. The fourth-order valence-corrected chi connectivity index (χ4v) is 1.73. The molecular formula is C10H5BrO4. The fraction of sp³-hybridized carbons (Fsp3) is 0. The van der Waals surface area contributed by atoms with Gasteiger partial charge in [0.25, 0.3) is 0 Å². The van der Waals surface area contributed by atoms with Crippen LogP contribution in [0.1, 0.15) is 20.7 Å². The SMILES string of the molecule is O=C1C(O)=C(O)C(=O)c2cc(Br)ccc21. The zero-order valence-corrected chi connectivity index (χ0v) is 8.91. The highest BCUT2D eigenvalue weighted by Crippen LogP contribution is 2.26. The number of aliphatic hydroxyl groups excluding tert-OH is 2. The highest BCUT2D eigenvalue weighted by atomic mass is 79.9. The van der Waals surface area contributed by atoms with Crippen LogP contribution in [0.4, 0.5) is 0 Å². The Hall–Kier alpha value is -1.62. The standard InChI is InChI=1S/C10H5BrO4/c11-4-1-2-5-6(3-4)8(13)10(15)9(14)7(5)12/h1-3,14-15H. The summed E-state index contributed by atoms with van der Waals surface area (Å²) in [6.45, 7) is 0. The molecule has 0 saturated carbocycles. The maximum absolute atomic E-state index is 11.5. The first-order valence-corrected chi connectivity index (χ1v) is 4.83. The van der Waals surface area contributed by atoms with E-state index in [1.165, 1.54) is 12.1 Å². The molecule has 1 aromatic carbocycles. The molecule has 0 radical (unpaired) electrons. The van der Waals surface area contributed by atoms with Crippen LogP contribution in [0.3, 0.4) is 0 Å². The van der Waals surface area contributed by atoms with Crippen molar-refractivity contribution >= 4 is 27.5 Å². The van der Waals surface area contributed by atoms with Crippen LogP contribution in [0.5, 0.6) is 0 Å². The molecule has 0 bridgehead atoms. The van der Waals surface area contributed by atoms with E-state index < -0.39 is 23.1 Å². The quantitative estimate of drug-likeness (QED) is 0.756. The van der Waals surface area contributed by atoms with E-state index in [-0.39, 0.29) is 11.1 Å². The summed E-state index contributed by atoms with van der Waals surface area (Å²) < 4.78 is 0.622. The molecule has 0 aliphatic heterocycles. The van der Waals surface area contributed by atoms with Crippen LogP contribution in [-0.4, -0.2) is 21.8 Å². The number of aliphatic hydroxyl groups is 2. The minimum atomic E-state index is -0.898. The first kappa shape index (κ1) is 9.92. The lowest BCUT2D eigenvalue weighted by atomic mass is 9.92. The first-order valence-electron chi connectivity index (χ1n) is 4.03. The predicted octanol–water partition coefficient (Wildman–Crippen LogP) is 2.16. The Morgan fingerprint density at radius 3 is 2.07 bits per heavy atom. The number of allylic oxidation sites excluding steroid dienone is 2. The third-order valence-electron chi connectivity index (χ3n) is 2.13. The molecule has 0 heterocycles. The number of fused-ring (bicyclic) bond motifs is 1. The van der Waals surface area contributed by atoms with Crippen LogP contribution < -0.4 is 0 Å². The van der Waals surface area contributed by atoms with Crippen LogP contribution in [0.15, 0.2) is 34.2 Å². The van der Waals surface area contributed by atoms with Crippen LogP contribution in [-0.2, 0) is 0 Å². The van der Waals surface area contributed by atoms with E-state index in [4.69, 9.17) is 0 Å². The van der Waals surface area contributed by atoms with E-state index in [2.05, 4.69) is 15.9 Å². The van der Waals surface area contributed by atoms with Gasteiger partial charge in [0, 0.05) is 15.6 Å². The van der Waals surface area contributed by atoms with Gasteiger partial charge in [0.2, 0.25) is 23.1 Å². The van der Waals surface area contributed by atoms with Gasteiger partial charge in [-0.3, -0.25) is 9.59 Å². The summed E-state index contributed by atoms with van der Waals surface area (Å²) in [7, 11) is 0. The average Bonchev–Trinajstić information content (AvgIpc) is 2.23. The average molecular weight is 269 g/mol. The molecule has 0 atom stereocenters. The van der Waals surface area contributed by atoms with Gasteiger partial charge in [0.05, 0.1) is 0 Å². The van der Waals surface area contributed by atoms with Gasteiger partial charge in [0.1, 0.15) is 0 Å². The van der Waals surface area contributed by atoms with Gasteiger partial charge in [-0.05, 0) is 18.2 Å². The molecule has 15 heavy (non-hydrogen) atoms. The molecule has 5 heteroatoms. The summed E-state index contributed by atoms with van der Waals surface area (Å²) >= 11 is 3.15. The highest BCUT2D eigenvalue weighted by molar-refractivity contribution is 9.10. The van der Waals surface area contributed by atoms with E-state index in [0.717, 1.165) is 0 Å². The molecule has 0 aromatic heterocycles. The topological polar surface area (TPSA) is 74.6 Å². The number of hydrogen-bond acceptors (Lipinski definition) is 4. The molecule has 1 aromatic rings. The molecule has 76 valence electrons. The molecule has 0 amide bonds. The number of Topliss-reactive ketones (excluding diaryl/α,β-unsaturated/α-hetero) is 2. The third kappa shape index (κ3) is 1.35. The molecule has 2 N–H and O–H groups in total. The van der Waals surface area contributed by atoms with Crippen LogP contribution in [0.25, 0.3) is 0 Å². The monoisotopic (exact) mass is 268 g/mol. The van der Waals surface area contributed by atoms with Gasteiger partial charge in [-0.25, -0.2) is 0 Å². The summed E-state index contributed by atoms with van der Waals surface area (Å²) in [4.78, 5) is 22.9. The molecule has 2 rings (SSSR count). The van der Waals surface area contributed by atoms with E-state index in [1.807, 2.05) is 0 Å². The van der Waals surface area contributed by atoms with Crippen molar-refractivity contribution in [3.8, 4) is 0 Å². The summed E-state index contributed by atoms with van der Waals surface area (Å²) in [6, 6.07) is 4.43. The third-order valence-corrected chi connectivity index (χ3v) is 2.62. The van der Waals surface area contributed by atoms with Gasteiger partial charge in [0.15, 0.2) is 0 Å². The van der Waals surface area contributed by atoms with Crippen LogP contribution in [0, 0.1) is 0 Å². The van der Waals surface area contributed by atoms with Gasteiger partial charge in [-0.15, -0.1) is 0 Å². The number of halogens is 1. The summed E-state index contributed by atoms with van der Waals surface area (Å²) in [6.07, 6.45) is 0. The summed E-state index contributed by atoms with van der Waals surface area (Å²) in [5, 5.41) is 18.4. The lowest BCUT2D eigenvalue weighted by Gasteiger charge is -2.13. The van der Waals surface area contributed by atoms with Crippen molar-refractivity contribution < 1.29 is 19.8 Å². The molecule has 1 aliphatic carbocycles. The van der Waals surface area contributed by atoms with Crippen molar-refractivity contribution in [2.75, 3.05) is 0 Å². The molecule has 0 spiro atoms. The van der Waals surface area contributed by atoms with Crippen LogP contribution in [0.2, 0.25) is 0 Å². The van der Waals surface area contributed by atoms with Crippen LogP contribution >= 0.6 is 15.9 Å². The zero-order chi connectivity index (χ0) is 11.2. The molecule has 0 unspecified atom stereocenters. The van der Waals surface area contributed by atoms with Crippen molar-refractivity contribution in [2.45, 2.75) is 0 Å². The lowest BCUT2D eigenvalue weighted by Crippen LogP contribution is -2.21. The largest absolute Gasteiger partial charge is 0.501 e. The molecule has 0 fully saturated rings. The van der Waals surface area contributed by atoms with Crippen molar-refractivity contribution in [3.63, 3.8) is 0 Å². The second-order valence-corrected chi connectivity index (χ2v) is 3.96. The lowest BCUT2D eigenvalue weighted by molar-refractivity contribution is 0.0881. The van der Waals surface area contributed by atoms with Gasteiger partial charge in [-0.1, -0.05) is 15.9 Å².